The Balaban J connectivity index is 2.60. The molecule has 0 fully saturated rings. The lowest BCUT2D eigenvalue weighted by Gasteiger charge is -2.09. The normalized spacial score (nSPS) is 12.2. The minimum absolute atomic E-state index is 0.0172. The SMILES string of the molecule is COC(=O)C(N)Cc1ccc(CO)cc1. The first-order valence-corrected chi connectivity index (χ1v) is 4.69. The second-order valence-corrected chi connectivity index (χ2v) is 3.31. The largest absolute Gasteiger partial charge is 0.468 e. The number of hydrogen-bond acceptors (Lipinski definition) is 4. The third kappa shape index (κ3) is 3.34. The van der Waals surface area contributed by atoms with Gasteiger partial charge in [0.25, 0.3) is 0 Å². The number of nitrogens with two attached hydrogens (primary N) is 1. The van der Waals surface area contributed by atoms with Gasteiger partial charge in [0.2, 0.25) is 0 Å². The molecule has 1 aromatic carbocycles. The maximum absolute atomic E-state index is 11.1. The zero-order valence-corrected chi connectivity index (χ0v) is 8.64. The number of rotatable bonds is 4. The number of esters is 1. The molecule has 1 rings (SSSR count). The molecule has 0 amide bonds. The van der Waals surface area contributed by atoms with Crippen molar-refractivity contribution in [1.29, 1.82) is 0 Å². The molecular weight excluding hydrogens is 194 g/mol. The van der Waals surface area contributed by atoms with E-state index in [4.69, 9.17) is 10.8 Å². The van der Waals surface area contributed by atoms with Gasteiger partial charge in [-0.25, -0.2) is 0 Å². The van der Waals surface area contributed by atoms with Crippen LogP contribution in [0.3, 0.4) is 0 Å². The topological polar surface area (TPSA) is 72.5 Å². The minimum atomic E-state index is -0.630. The molecule has 0 spiro atoms. The summed E-state index contributed by atoms with van der Waals surface area (Å²) in [5.74, 6) is -0.416. The van der Waals surface area contributed by atoms with Gasteiger partial charge in [-0.2, -0.15) is 0 Å². The standard InChI is InChI=1S/C11H15NO3/c1-15-11(14)10(12)6-8-2-4-9(7-13)5-3-8/h2-5,10,13H,6-7,12H2,1H3. The van der Waals surface area contributed by atoms with Crippen molar-refractivity contribution in [3.63, 3.8) is 0 Å². The Hall–Kier alpha value is -1.39. The highest BCUT2D eigenvalue weighted by molar-refractivity contribution is 5.75. The van der Waals surface area contributed by atoms with E-state index in [2.05, 4.69) is 4.74 Å². The molecule has 0 radical (unpaired) electrons. The summed E-state index contributed by atoms with van der Waals surface area (Å²) in [5, 5.41) is 8.84. The van der Waals surface area contributed by atoms with Crippen LogP contribution in [0.5, 0.6) is 0 Å². The van der Waals surface area contributed by atoms with Gasteiger partial charge in [-0.3, -0.25) is 4.79 Å². The zero-order valence-electron chi connectivity index (χ0n) is 8.64. The van der Waals surface area contributed by atoms with E-state index in [0.29, 0.717) is 6.42 Å². The summed E-state index contributed by atoms with van der Waals surface area (Å²) >= 11 is 0. The first-order valence-electron chi connectivity index (χ1n) is 4.69. The van der Waals surface area contributed by atoms with Gasteiger partial charge >= 0.3 is 5.97 Å². The predicted octanol–water partition coefficient (Wildman–Crippen LogP) is 0.222. The van der Waals surface area contributed by atoms with Crippen molar-refractivity contribution in [2.24, 2.45) is 5.73 Å². The van der Waals surface area contributed by atoms with Gasteiger partial charge in [0, 0.05) is 0 Å². The summed E-state index contributed by atoms with van der Waals surface area (Å²) in [6.45, 7) is 0.0172. The first kappa shape index (κ1) is 11.7. The van der Waals surface area contributed by atoms with Crippen molar-refractivity contribution in [2.75, 3.05) is 7.11 Å². The lowest BCUT2D eigenvalue weighted by atomic mass is 10.1. The van der Waals surface area contributed by atoms with Crippen LogP contribution in [0.4, 0.5) is 0 Å². The molecule has 4 nitrogen and oxygen atoms in total. The van der Waals surface area contributed by atoms with Crippen LogP contribution in [0, 0.1) is 0 Å². The van der Waals surface area contributed by atoms with Crippen LogP contribution < -0.4 is 5.73 Å². The van der Waals surface area contributed by atoms with E-state index in [1.54, 1.807) is 12.1 Å². The third-order valence-electron chi connectivity index (χ3n) is 2.17. The van der Waals surface area contributed by atoms with Crippen molar-refractivity contribution >= 4 is 5.97 Å². The molecule has 82 valence electrons. The number of ether oxygens (including phenoxy) is 1. The molecule has 1 atom stereocenters. The quantitative estimate of drug-likeness (QED) is 0.696. The van der Waals surface area contributed by atoms with E-state index in [-0.39, 0.29) is 6.61 Å². The van der Waals surface area contributed by atoms with Crippen LogP contribution in [-0.2, 0) is 22.6 Å². The number of carbonyl (C=O) groups excluding carboxylic acids is 1. The molecule has 0 aliphatic heterocycles. The molecule has 1 aromatic rings. The monoisotopic (exact) mass is 209 g/mol. The molecular formula is C11H15NO3. The molecule has 15 heavy (non-hydrogen) atoms. The van der Waals surface area contributed by atoms with Crippen molar-refractivity contribution in [3.8, 4) is 0 Å². The lowest BCUT2D eigenvalue weighted by Crippen LogP contribution is -2.33. The summed E-state index contributed by atoms with van der Waals surface area (Å²) in [5.41, 5.74) is 7.39. The van der Waals surface area contributed by atoms with E-state index in [1.807, 2.05) is 12.1 Å². The summed E-state index contributed by atoms with van der Waals surface area (Å²) in [6.07, 6.45) is 0.443. The molecule has 4 heteroatoms. The van der Waals surface area contributed by atoms with E-state index < -0.39 is 12.0 Å². The molecule has 1 unspecified atom stereocenters. The van der Waals surface area contributed by atoms with Gasteiger partial charge < -0.3 is 15.6 Å². The van der Waals surface area contributed by atoms with Crippen LogP contribution in [0.2, 0.25) is 0 Å². The van der Waals surface area contributed by atoms with Gasteiger partial charge in [0.1, 0.15) is 6.04 Å². The summed E-state index contributed by atoms with van der Waals surface area (Å²) in [7, 11) is 1.32. The number of benzene rings is 1. The van der Waals surface area contributed by atoms with E-state index in [1.165, 1.54) is 7.11 Å². The van der Waals surface area contributed by atoms with Crippen molar-refractivity contribution in [1.82, 2.24) is 0 Å². The fourth-order valence-electron chi connectivity index (χ4n) is 1.27. The van der Waals surface area contributed by atoms with Gasteiger partial charge in [0.05, 0.1) is 13.7 Å². The Morgan fingerprint density at radius 1 is 1.40 bits per heavy atom. The summed E-state index contributed by atoms with van der Waals surface area (Å²) in [6, 6.07) is 6.66. The van der Waals surface area contributed by atoms with E-state index in [9.17, 15) is 4.79 Å². The van der Waals surface area contributed by atoms with Gasteiger partial charge in [0.15, 0.2) is 0 Å². The fourth-order valence-corrected chi connectivity index (χ4v) is 1.27. The van der Waals surface area contributed by atoms with Gasteiger partial charge in [-0.1, -0.05) is 24.3 Å². The summed E-state index contributed by atoms with van der Waals surface area (Å²) < 4.78 is 4.53. The van der Waals surface area contributed by atoms with Crippen molar-refractivity contribution in [2.45, 2.75) is 19.1 Å². The number of carbonyl (C=O) groups is 1. The molecule has 0 saturated carbocycles. The second-order valence-electron chi connectivity index (χ2n) is 3.31. The maximum Gasteiger partial charge on any atom is 0.322 e. The number of aliphatic hydroxyl groups is 1. The van der Waals surface area contributed by atoms with Crippen LogP contribution in [0.25, 0.3) is 0 Å². The highest BCUT2D eigenvalue weighted by atomic mass is 16.5. The molecule has 0 aliphatic rings. The Kier molecular flexibility index (Phi) is 4.27. The number of methoxy groups -OCH3 is 1. The third-order valence-corrected chi connectivity index (χ3v) is 2.17. The lowest BCUT2D eigenvalue weighted by molar-refractivity contribution is -0.142. The van der Waals surface area contributed by atoms with Gasteiger partial charge in [-0.05, 0) is 17.5 Å². The van der Waals surface area contributed by atoms with Crippen LogP contribution in [0.15, 0.2) is 24.3 Å². The zero-order chi connectivity index (χ0) is 11.3. The fraction of sp³-hybridized carbons (Fsp3) is 0.364. The Labute approximate surface area is 88.7 Å². The Bertz CT molecular complexity index is 321. The van der Waals surface area contributed by atoms with E-state index >= 15 is 0 Å². The summed E-state index contributed by atoms with van der Waals surface area (Å²) in [4.78, 5) is 11.1. The number of hydrogen-bond donors (Lipinski definition) is 2. The minimum Gasteiger partial charge on any atom is -0.468 e. The molecule has 0 bridgehead atoms. The predicted molar refractivity (Wildman–Crippen MR) is 56.1 cm³/mol. The second kappa shape index (κ2) is 5.48. The van der Waals surface area contributed by atoms with Crippen LogP contribution >= 0.6 is 0 Å². The smallest absolute Gasteiger partial charge is 0.322 e. The molecule has 0 saturated heterocycles. The molecule has 0 aromatic heterocycles. The maximum atomic E-state index is 11.1. The van der Waals surface area contributed by atoms with Crippen molar-refractivity contribution < 1.29 is 14.6 Å². The van der Waals surface area contributed by atoms with Gasteiger partial charge in [-0.15, -0.1) is 0 Å². The Morgan fingerprint density at radius 2 is 1.93 bits per heavy atom. The average Bonchev–Trinajstić information content (AvgIpc) is 2.29. The van der Waals surface area contributed by atoms with E-state index in [0.717, 1.165) is 11.1 Å². The molecule has 0 aliphatic carbocycles. The van der Waals surface area contributed by atoms with Crippen molar-refractivity contribution in [3.05, 3.63) is 35.4 Å². The van der Waals surface area contributed by atoms with Crippen LogP contribution in [-0.4, -0.2) is 24.2 Å². The molecule has 3 N–H and O–H groups in total. The first-order chi connectivity index (χ1) is 7.17. The molecule has 0 heterocycles. The highest BCUT2D eigenvalue weighted by Crippen LogP contribution is 2.06. The highest BCUT2D eigenvalue weighted by Gasteiger charge is 2.13. The Morgan fingerprint density at radius 3 is 2.40 bits per heavy atom. The van der Waals surface area contributed by atoms with Crippen LogP contribution in [0.1, 0.15) is 11.1 Å². The number of aliphatic hydroxyl groups excluding tert-OH is 1. The average molecular weight is 209 g/mol.